The summed E-state index contributed by atoms with van der Waals surface area (Å²) in [5, 5.41) is 4.67. The molecule has 0 fully saturated rings. The third kappa shape index (κ3) is 4.25. The molecule has 2 rings (SSSR count). The van der Waals surface area contributed by atoms with Crippen LogP contribution >= 0.6 is 11.6 Å². The van der Waals surface area contributed by atoms with Crippen LogP contribution in [0.3, 0.4) is 0 Å². The lowest BCUT2D eigenvalue weighted by Crippen LogP contribution is -2.43. The van der Waals surface area contributed by atoms with Crippen molar-refractivity contribution in [1.82, 2.24) is 10.5 Å². The fourth-order valence-electron chi connectivity index (χ4n) is 1.76. The molecular formula is C14H9ClF6N2O2. The average molecular weight is 387 g/mol. The summed E-state index contributed by atoms with van der Waals surface area (Å²) in [4.78, 5) is 11.8. The van der Waals surface area contributed by atoms with Gasteiger partial charge in [-0.25, -0.2) is 0 Å². The van der Waals surface area contributed by atoms with Crippen LogP contribution in [0.2, 0.25) is 5.02 Å². The van der Waals surface area contributed by atoms with Crippen molar-refractivity contribution in [3.05, 3.63) is 40.6 Å². The molecule has 0 bridgehead atoms. The molecule has 0 saturated heterocycles. The van der Waals surface area contributed by atoms with E-state index in [1.165, 1.54) is 0 Å². The van der Waals surface area contributed by atoms with Gasteiger partial charge in [0.05, 0.1) is 5.56 Å². The molecule has 0 aliphatic rings. The molecule has 0 aliphatic carbocycles. The summed E-state index contributed by atoms with van der Waals surface area (Å²) in [5.74, 6) is -1.92. The third-order valence-corrected chi connectivity index (χ3v) is 3.52. The number of nitrogens with zero attached hydrogens (tertiary/aromatic N) is 1. The Morgan fingerprint density at radius 2 is 1.72 bits per heavy atom. The second-order valence-electron chi connectivity index (χ2n) is 4.99. The molecule has 1 N–H and O–H groups in total. The van der Waals surface area contributed by atoms with Crippen LogP contribution in [0, 0.1) is 0 Å². The van der Waals surface area contributed by atoms with E-state index in [1.54, 1.807) is 5.32 Å². The quantitative estimate of drug-likeness (QED) is 0.778. The van der Waals surface area contributed by atoms with E-state index in [0.717, 1.165) is 31.2 Å². The van der Waals surface area contributed by atoms with Crippen molar-refractivity contribution < 1.29 is 35.7 Å². The van der Waals surface area contributed by atoms with Crippen molar-refractivity contribution in [1.29, 1.82) is 0 Å². The molecule has 1 aromatic carbocycles. The molecule has 4 nitrogen and oxygen atoms in total. The van der Waals surface area contributed by atoms with Crippen LogP contribution in [0.4, 0.5) is 26.3 Å². The lowest BCUT2D eigenvalue weighted by atomic mass is 10.1. The molecule has 0 radical (unpaired) electrons. The van der Waals surface area contributed by atoms with Crippen LogP contribution in [0.15, 0.2) is 28.8 Å². The van der Waals surface area contributed by atoms with Gasteiger partial charge in [-0.05, 0) is 19.1 Å². The Kier molecular flexibility index (Phi) is 5.03. The van der Waals surface area contributed by atoms with Gasteiger partial charge >= 0.3 is 12.4 Å². The normalized spacial score (nSPS) is 13.6. The van der Waals surface area contributed by atoms with Gasteiger partial charge in [-0.3, -0.25) is 4.79 Å². The second kappa shape index (κ2) is 6.58. The lowest BCUT2D eigenvalue weighted by Gasteiger charge is -2.16. The summed E-state index contributed by atoms with van der Waals surface area (Å²) < 4.78 is 79.5. The van der Waals surface area contributed by atoms with Crippen LogP contribution in [-0.4, -0.2) is 23.3 Å². The Hall–Kier alpha value is -2.23. The van der Waals surface area contributed by atoms with Gasteiger partial charge in [-0.2, -0.15) is 26.3 Å². The fourth-order valence-corrected chi connectivity index (χ4v) is 2.02. The molecule has 1 amide bonds. The number of nitrogens with one attached hydrogen (secondary N) is 1. The highest BCUT2D eigenvalue weighted by atomic mass is 35.5. The molecule has 1 atom stereocenters. The van der Waals surface area contributed by atoms with Gasteiger partial charge in [0, 0.05) is 5.56 Å². The van der Waals surface area contributed by atoms with Crippen molar-refractivity contribution in [2.75, 3.05) is 0 Å². The Labute approximate surface area is 141 Å². The highest BCUT2D eigenvalue weighted by Crippen LogP contribution is 2.34. The zero-order valence-electron chi connectivity index (χ0n) is 12.3. The Balaban J connectivity index is 2.25. The fraction of sp³-hybridized carbons (Fsp3) is 0.286. The van der Waals surface area contributed by atoms with Crippen molar-refractivity contribution in [2.24, 2.45) is 0 Å². The van der Waals surface area contributed by atoms with Crippen LogP contribution in [0.1, 0.15) is 23.0 Å². The number of alkyl halides is 6. The highest BCUT2D eigenvalue weighted by molar-refractivity contribution is 6.35. The smallest absolute Gasteiger partial charge is 0.349 e. The maximum Gasteiger partial charge on any atom is 0.416 e. The number of halogens is 7. The van der Waals surface area contributed by atoms with Crippen molar-refractivity contribution in [3.63, 3.8) is 0 Å². The molecule has 1 unspecified atom stereocenters. The molecule has 0 spiro atoms. The van der Waals surface area contributed by atoms with Gasteiger partial charge < -0.3 is 9.84 Å². The standard InChI is InChI=1S/C14H9ClF6N2O2/c1-6(13(16,17)18)22-12(24)11-9(15)10(23-25-11)7-2-4-8(5-3-7)14(19,20)21/h2-6H,1H3,(H,22,24). The molecule has 0 aliphatic heterocycles. The molecule has 136 valence electrons. The van der Waals surface area contributed by atoms with Gasteiger partial charge in [0.25, 0.3) is 5.91 Å². The minimum atomic E-state index is -4.67. The first kappa shape index (κ1) is 19.1. The van der Waals surface area contributed by atoms with Crippen molar-refractivity contribution in [3.8, 4) is 11.3 Å². The molecule has 2 aromatic rings. The van der Waals surface area contributed by atoms with E-state index in [2.05, 4.69) is 9.68 Å². The zero-order valence-corrected chi connectivity index (χ0v) is 13.1. The molecule has 1 aromatic heterocycles. The van der Waals surface area contributed by atoms with E-state index in [-0.39, 0.29) is 11.3 Å². The SMILES string of the molecule is CC(NC(=O)c1onc(-c2ccc(C(F)(F)F)cc2)c1Cl)C(F)(F)F. The third-order valence-electron chi connectivity index (χ3n) is 3.17. The summed E-state index contributed by atoms with van der Waals surface area (Å²) in [6.07, 6.45) is -9.21. The van der Waals surface area contributed by atoms with E-state index in [9.17, 15) is 31.1 Å². The van der Waals surface area contributed by atoms with E-state index < -0.39 is 40.6 Å². The zero-order chi connectivity index (χ0) is 19.0. The minimum Gasteiger partial charge on any atom is -0.349 e. The van der Waals surface area contributed by atoms with Crippen LogP contribution in [0.25, 0.3) is 11.3 Å². The van der Waals surface area contributed by atoms with Gasteiger partial charge in [-0.1, -0.05) is 28.9 Å². The number of carbonyl (C=O) groups is 1. The molecule has 0 saturated carbocycles. The summed E-state index contributed by atoms with van der Waals surface area (Å²) in [6.45, 7) is 0.721. The number of rotatable bonds is 3. The number of benzene rings is 1. The number of carbonyl (C=O) groups excluding carboxylic acids is 1. The second-order valence-corrected chi connectivity index (χ2v) is 5.36. The van der Waals surface area contributed by atoms with Crippen molar-refractivity contribution >= 4 is 17.5 Å². The first-order valence-electron chi connectivity index (χ1n) is 6.61. The molecule has 25 heavy (non-hydrogen) atoms. The average Bonchev–Trinajstić information content (AvgIpc) is 2.87. The molecular weight excluding hydrogens is 378 g/mol. The Bertz CT molecular complexity index is 767. The number of aromatic nitrogens is 1. The highest BCUT2D eigenvalue weighted by Gasteiger charge is 2.38. The maximum absolute atomic E-state index is 12.5. The largest absolute Gasteiger partial charge is 0.416 e. The lowest BCUT2D eigenvalue weighted by molar-refractivity contribution is -0.149. The number of hydrogen-bond acceptors (Lipinski definition) is 3. The van der Waals surface area contributed by atoms with Gasteiger partial charge in [-0.15, -0.1) is 0 Å². The predicted molar refractivity (Wildman–Crippen MR) is 74.9 cm³/mol. The Morgan fingerprint density at radius 1 is 1.16 bits per heavy atom. The van der Waals surface area contributed by atoms with Crippen LogP contribution < -0.4 is 5.32 Å². The topological polar surface area (TPSA) is 55.1 Å². The summed E-state index contributed by atoms with van der Waals surface area (Å²) in [6, 6.07) is 1.48. The van der Waals surface area contributed by atoms with Gasteiger partial charge in [0.1, 0.15) is 16.8 Å². The monoisotopic (exact) mass is 386 g/mol. The van der Waals surface area contributed by atoms with Crippen LogP contribution in [-0.2, 0) is 6.18 Å². The number of hydrogen-bond donors (Lipinski definition) is 1. The molecule has 11 heteroatoms. The maximum atomic E-state index is 12.5. The van der Waals surface area contributed by atoms with Crippen molar-refractivity contribution in [2.45, 2.75) is 25.3 Å². The van der Waals surface area contributed by atoms with E-state index in [1.807, 2.05) is 0 Å². The van der Waals surface area contributed by atoms with E-state index in [4.69, 9.17) is 11.6 Å². The first-order chi connectivity index (χ1) is 11.4. The Morgan fingerprint density at radius 3 is 2.20 bits per heavy atom. The van der Waals surface area contributed by atoms with E-state index in [0.29, 0.717) is 0 Å². The summed E-state index contributed by atoms with van der Waals surface area (Å²) >= 11 is 5.86. The van der Waals surface area contributed by atoms with Gasteiger partial charge in [0.2, 0.25) is 5.76 Å². The van der Waals surface area contributed by atoms with E-state index >= 15 is 0 Å². The number of amides is 1. The molecule has 1 heterocycles. The first-order valence-corrected chi connectivity index (χ1v) is 6.99. The van der Waals surface area contributed by atoms with Gasteiger partial charge in [0.15, 0.2) is 0 Å². The summed E-state index contributed by atoms with van der Waals surface area (Å²) in [7, 11) is 0. The summed E-state index contributed by atoms with van der Waals surface area (Å²) in [5.41, 5.74) is -0.974. The minimum absolute atomic E-state index is 0.102. The van der Waals surface area contributed by atoms with Crippen LogP contribution in [0.5, 0.6) is 0 Å². The predicted octanol–water partition coefficient (Wildman–Crippen LogP) is 4.69.